The van der Waals surface area contributed by atoms with E-state index in [-0.39, 0.29) is 5.91 Å². The molecular weight excluding hydrogens is 466 g/mol. The summed E-state index contributed by atoms with van der Waals surface area (Å²) in [6.07, 6.45) is 7.43. The van der Waals surface area contributed by atoms with E-state index >= 15 is 0 Å². The van der Waals surface area contributed by atoms with E-state index in [1.54, 1.807) is 0 Å². The maximum atomic E-state index is 12.7. The quantitative estimate of drug-likeness (QED) is 0.569. The Bertz CT molecular complexity index is 1030. The first-order valence-corrected chi connectivity index (χ1v) is 14.6. The SMILES string of the molecule is Cc1cc(CN2CCC(NC(=O)CC3CCc4ccccc4S3)CC2)ccc1OC1CCN(C)CC1. The van der Waals surface area contributed by atoms with Gasteiger partial charge in [0.25, 0.3) is 0 Å². The number of thioether (sulfide) groups is 1. The van der Waals surface area contributed by atoms with Gasteiger partial charge in [-0.25, -0.2) is 0 Å². The molecule has 2 saturated heterocycles. The summed E-state index contributed by atoms with van der Waals surface area (Å²) < 4.78 is 6.32. The minimum atomic E-state index is 0.223. The molecule has 1 N–H and O–H groups in total. The monoisotopic (exact) mass is 507 g/mol. The summed E-state index contributed by atoms with van der Waals surface area (Å²) in [5.74, 6) is 1.26. The predicted octanol–water partition coefficient (Wildman–Crippen LogP) is 5.05. The third-order valence-corrected chi connectivity index (χ3v) is 9.36. The predicted molar refractivity (Wildman–Crippen MR) is 148 cm³/mol. The molecule has 1 unspecified atom stereocenters. The third-order valence-electron chi connectivity index (χ3n) is 7.97. The van der Waals surface area contributed by atoms with Gasteiger partial charge in [-0.3, -0.25) is 9.69 Å². The number of benzene rings is 2. The van der Waals surface area contributed by atoms with Gasteiger partial charge in [0.05, 0.1) is 0 Å². The van der Waals surface area contributed by atoms with Crippen LogP contribution in [0.5, 0.6) is 5.75 Å². The molecule has 0 bridgehead atoms. The second kappa shape index (κ2) is 12.0. The van der Waals surface area contributed by atoms with Crippen molar-refractivity contribution in [1.82, 2.24) is 15.1 Å². The molecule has 3 heterocycles. The summed E-state index contributed by atoms with van der Waals surface area (Å²) in [6.45, 7) is 7.43. The van der Waals surface area contributed by atoms with Gasteiger partial charge < -0.3 is 15.0 Å². The summed E-state index contributed by atoms with van der Waals surface area (Å²) in [7, 11) is 2.18. The lowest BCUT2D eigenvalue weighted by Gasteiger charge is -2.33. The lowest BCUT2D eigenvalue weighted by Crippen LogP contribution is -2.44. The zero-order valence-electron chi connectivity index (χ0n) is 21.9. The minimum Gasteiger partial charge on any atom is -0.490 e. The van der Waals surface area contributed by atoms with Gasteiger partial charge >= 0.3 is 0 Å². The molecule has 2 aromatic carbocycles. The number of ether oxygens (including phenoxy) is 1. The van der Waals surface area contributed by atoms with Crippen LogP contribution in [0.3, 0.4) is 0 Å². The summed E-state index contributed by atoms with van der Waals surface area (Å²) in [6, 6.07) is 15.6. The van der Waals surface area contributed by atoms with Crippen molar-refractivity contribution >= 4 is 17.7 Å². The number of piperidine rings is 2. The van der Waals surface area contributed by atoms with Crippen molar-refractivity contribution in [2.45, 2.75) is 80.7 Å². The van der Waals surface area contributed by atoms with Crippen LogP contribution >= 0.6 is 11.8 Å². The van der Waals surface area contributed by atoms with E-state index in [0.717, 1.165) is 77.0 Å². The van der Waals surface area contributed by atoms with Crippen LogP contribution in [0.25, 0.3) is 0 Å². The van der Waals surface area contributed by atoms with Crippen molar-refractivity contribution in [3.8, 4) is 5.75 Å². The Hall–Kier alpha value is -2.02. The van der Waals surface area contributed by atoms with Crippen LogP contribution in [-0.2, 0) is 17.8 Å². The number of nitrogens with one attached hydrogen (secondary N) is 1. The molecule has 0 aromatic heterocycles. The molecule has 5 rings (SSSR count). The van der Waals surface area contributed by atoms with E-state index in [1.165, 1.54) is 21.6 Å². The standard InChI is InChI=1S/C30H41N3O2S/c1-22-19-23(7-10-28(22)35-26-13-15-32(2)16-14-26)21-33-17-11-25(12-18-33)31-30(34)20-27-9-8-24-5-3-4-6-29(24)36-27/h3-7,10,19,25-27H,8-9,11-18,20-21H2,1-2H3,(H,31,34). The number of rotatable bonds is 7. The number of carbonyl (C=O) groups excluding carboxylic acids is 1. The fraction of sp³-hybridized carbons (Fsp3) is 0.567. The minimum absolute atomic E-state index is 0.223. The topological polar surface area (TPSA) is 44.8 Å². The smallest absolute Gasteiger partial charge is 0.221 e. The first kappa shape index (κ1) is 25.6. The number of amides is 1. The fourth-order valence-electron chi connectivity index (χ4n) is 5.74. The Morgan fingerprint density at radius 1 is 1.03 bits per heavy atom. The molecule has 36 heavy (non-hydrogen) atoms. The highest BCUT2D eigenvalue weighted by Crippen LogP contribution is 2.36. The lowest BCUT2D eigenvalue weighted by molar-refractivity contribution is -0.122. The average Bonchev–Trinajstić information content (AvgIpc) is 2.88. The number of fused-ring (bicyclic) bond motifs is 1. The van der Waals surface area contributed by atoms with E-state index < -0.39 is 0 Å². The Balaban J connectivity index is 1.03. The highest BCUT2D eigenvalue weighted by molar-refractivity contribution is 8.00. The maximum absolute atomic E-state index is 12.7. The van der Waals surface area contributed by atoms with Crippen molar-refractivity contribution in [2.75, 3.05) is 33.2 Å². The molecule has 3 aliphatic rings. The van der Waals surface area contributed by atoms with Gasteiger partial charge in [0.15, 0.2) is 0 Å². The number of hydrogen-bond donors (Lipinski definition) is 1. The first-order valence-electron chi connectivity index (χ1n) is 13.7. The van der Waals surface area contributed by atoms with Crippen molar-refractivity contribution in [1.29, 1.82) is 0 Å². The molecule has 2 fully saturated rings. The Morgan fingerprint density at radius 2 is 1.81 bits per heavy atom. The van der Waals surface area contributed by atoms with E-state index in [9.17, 15) is 4.79 Å². The van der Waals surface area contributed by atoms with E-state index in [4.69, 9.17) is 4.74 Å². The highest BCUT2D eigenvalue weighted by Gasteiger charge is 2.25. The van der Waals surface area contributed by atoms with Crippen LogP contribution in [0.4, 0.5) is 0 Å². The molecule has 1 amide bonds. The van der Waals surface area contributed by atoms with Crippen LogP contribution in [0.1, 0.15) is 55.2 Å². The van der Waals surface area contributed by atoms with Gasteiger partial charge in [0.1, 0.15) is 11.9 Å². The Labute approximate surface area is 221 Å². The van der Waals surface area contributed by atoms with Gasteiger partial charge in [-0.1, -0.05) is 30.3 Å². The van der Waals surface area contributed by atoms with Crippen LogP contribution in [0, 0.1) is 6.92 Å². The Morgan fingerprint density at radius 3 is 2.58 bits per heavy atom. The number of aryl methyl sites for hydroxylation is 2. The Kier molecular flexibility index (Phi) is 8.55. The third kappa shape index (κ3) is 6.84. The van der Waals surface area contributed by atoms with Gasteiger partial charge in [-0.2, -0.15) is 0 Å². The molecule has 194 valence electrons. The van der Waals surface area contributed by atoms with Crippen LogP contribution in [0.2, 0.25) is 0 Å². The molecule has 2 aromatic rings. The van der Waals surface area contributed by atoms with Gasteiger partial charge in [-0.15, -0.1) is 11.8 Å². The molecule has 0 radical (unpaired) electrons. The molecular formula is C30H41N3O2S. The molecule has 1 atom stereocenters. The van der Waals surface area contributed by atoms with Crippen LogP contribution in [0.15, 0.2) is 47.4 Å². The summed E-state index contributed by atoms with van der Waals surface area (Å²) >= 11 is 1.88. The van der Waals surface area contributed by atoms with Crippen molar-refractivity contribution in [3.63, 3.8) is 0 Å². The van der Waals surface area contributed by atoms with Gasteiger partial charge in [0.2, 0.25) is 5.91 Å². The molecule has 5 nitrogen and oxygen atoms in total. The van der Waals surface area contributed by atoms with Crippen LogP contribution in [-0.4, -0.2) is 66.3 Å². The van der Waals surface area contributed by atoms with E-state index in [0.29, 0.717) is 23.8 Å². The lowest BCUT2D eigenvalue weighted by atomic mass is 10.0. The maximum Gasteiger partial charge on any atom is 0.221 e. The van der Waals surface area contributed by atoms with Crippen LogP contribution < -0.4 is 10.1 Å². The highest BCUT2D eigenvalue weighted by atomic mass is 32.2. The molecule has 6 heteroatoms. The summed E-state index contributed by atoms with van der Waals surface area (Å²) in [4.78, 5) is 19.0. The first-order chi connectivity index (χ1) is 17.5. The van der Waals surface area contributed by atoms with E-state index in [2.05, 4.69) is 71.6 Å². The number of carbonyl (C=O) groups is 1. The number of nitrogens with zero attached hydrogens (tertiary/aromatic N) is 2. The molecule has 0 spiro atoms. The second-order valence-corrected chi connectivity index (χ2v) is 12.3. The van der Waals surface area contributed by atoms with Crippen molar-refractivity contribution < 1.29 is 9.53 Å². The molecule has 3 aliphatic heterocycles. The number of likely N-dealkylation sites (tertiary alicyclic amines) is 2. The van der Waals surface area contributed by atoms with Gasteiger partial charge in [-0.05, 0) is 81.3 Å². The second-order valence-electron chi connectivity index (χ2n) is 10.9. The zero-order valence-corrected chi connectivity index (χ0v) is 22.7. The zero-order chi connectivity index (χ0) is 24.9. The largest absolute Gasteiger partial charge is 0.490 e. The van der Waals surface area contributed by atoms with Crippen molar-refractivity contribution in [3.05, 3.63) is 59.2 Å². The number of hydrogen-bond acceptors (Lipinski definition) is 5. The molecule has 0 aliphatic carbocycles. The van der Waals surface area contributed by atoms with Gasteiger partial charge in [0, 0.05) is 55.3 Å². The van der Waals surface area contributed by atoms with E-state index in [1.807, 2.05) is 11.8 Å². The average molecular weight is 508 g/mol. The summed E-state index contributed by atoms with van der Waals surface area (Å²) in [5, 5.41) is 3.73. The van der Waals surface area contributed by atoms with Crippen molar-refractivity contribution in [2.24, 2.45) is 0 Å². The normalized spacial score (nSPS) is 22.2. The summed E-state index contributed by atoms with van der Waals surface area (Å²) in [5.41, 5.74) is 4.01. The molecule has 0 saturated carbocycles. The fourth-order valence-corrected chi connectivity index (χ4v) is 7.04.